The van der Waals surface area contributed by atoms with Crippen LogP contribution in [0.2, 0.25) is 0 Å². The lowest BCUT2D eigenvalue weighted by molar-refractivity contribution is -0.127. The molecule has 3 rings (SSSR count). The maximum atomic E-state index is 13.8. The Labute approximate surface area is 234 Å². The van der Waals surface area contributed by atoms with Gasteiger partial charge < -0.3 is 9.32 Å². The molecule has 39 heavy (non-hydrogen) atoms. The van der Waals surface area contributed by atoms with Crippen LogP contribution in [0, 0.1) is 11.8 Å². The van der Waals surface area contributed by atoms with Gasteiger partial charge in [-0.25, -0.2) is 0 Å². The van der Waals surface area contributed by atoms with Gasteiger partial charge in [0, 0.05) is 37.0 Å². The summed E-state index contributed by atoms with van der Waals surface area (Å²) in [5, 5.41) is 0.776. The molecule has 1 heterocycles. The van der Waals surface area contributed by atoms with E-state index in [4.69, 9.17) is 4.42 Å². The molecule has 5 heteroatoms. The summed E-state index contributed by atoms with van der Waals surface area (Å²) in [4.78, 5) is 30.1. The minimum atomic E-state index is -0.0549. The number of nitrogens with zero attached hydrogens (tertiary/aromatic N) is 2. The van der Waals surface area contributed by atoms with Gasteiger partial charge in [-0.05, 0) is 74.3 Å². The topological polar surface area (TPSA) is 53.8 Å². The van der Waals surface area contributed by atoms with Gasteiger partial charge in [-0.2, -0.15) is 0 Å². The number of unbranched alkanes of at least 4 members (excludes halogenated alkanes) is 3. The Hall–Kier alpha value is -3.36. The van der Waals surface area contributed by atoms with E-state index in [1.165, 1.54) is 25.7 Å². The Morgan fingerprint density at radius 2 is 1.54 bits per heavy atom. The van der Waals surface area contributed by atoms with Gasteiger partial charge in [0.25, 0.3) is 0 Å². The van der Waals surface area contributed by atoms with E-state index in [1.807, 2.05) is 42.5 Å². The zero-order valence-corrected chi connectivity index (χ0v) is 24.4. The first kappa shape index (κ1) is 30.2. The van der Waals surface area contributed by atoms with Gasteiger partial charge in [0.1, 0.15) is 11.3 Å². The Bertz CT molecular complexity index is 1280. The van der Waals surface area contributed by atoms with Crippen molar-refractivity contribution in [3.63, 3.8) is 0 Å². The quantitative estimate of drug-likeness (QED) is 0.169. The highest BCUT2D eigenvalue weighted by atomic mass is 16.3. The number of likely N-dealkylation sites (N-methyl/N-ethyl adjacent to an activating group) is 1. The number of hydrogen-bond donors (Lipinski definition) is 0. The minimum Gasteiger partial charge on any atom is -0.460 e. The van der Waals surface area contributed by atoms with Crippen molar-refractivity contribution in [2.45, 2.75) is 72.1 Å². The minimum absolute atomic E-state index is 0.0208. The Morgan fingerprint density at radius 3 is 2.15 bits per heavy atom. The maximum absolute atomic E-state index is 13.8. The normalized spacial score (nSPS) is 11.0. The zero-order valence-electron chi connectivity index (χ0n) is 24.4. The second-order valence-electron chi connectivity index (χ2n) is 10.5. The molecule has 0 fully saturated rings. The van der Waals surface area contributed by atoms with E-state index >= 15 is 0 Å². The number of amides is 1. The van der Waals surface area contributed by atoms with E-state index in [-0.39, 0.29) is 18.1 Å². The van der Waals surface area contributed by atoms with Gasteiger partial charge in [0.15, 0.2) is 5.78 Å². The van der Waals surface area contributed by atoms with Gasteiger partial charge >= 0.3 is 0 Å². The summed E-state index contributed by atoms with van der Waals surface area (Å²) in [6, 6.07) is 13.3. The van der Waals surface area contributed by atoms with Crippen molar-refractivity contribution < 1.29 is 14.0 Å². The van der Waals surface area contributed by atoms with Gasteiger partial charge in [0.05, 0.1) is 18.5 Å². The van der Waals surface area contributed by atoms with Crippen molar-refractivity contribution >= 4 is 22.7 Å². The van der Waals surface area contributed by atoms with Gasteiger partial charge in [-0.15, -0.1) is 0 Å². The summed E-state index contributed by atoms with van der Waals surface area (Å²) in [5.74, 6) is 7.29. The summed E-state index contributed by atoms with van der Waals surface area (Å²) in [6.45, 7) is 9.50. The Morgan fingerprint density at radius 1 is 0.872 bits per heavy atom. The van der Waals surface area contributed by atoms with Crippen molar-refractivity contribution in [3.8, 4) is 11.8 Å². The molecule has 1 aromatic heterocycles. The number of rotatable bonds is 14. The largest absolute Gasteiger partial charge is 0.460 e. The molecule has 1 amide bonds. The Balaban J connectivity index is 1.84. The van der Waals surface area contributed by atoms with E-state index in [2.05, 4.69) is 37.5 Å². The molecule has 0 unspecified atom stereocenters. The molecule has 0 spiro atoms. The molecule has 0 saturated carbocycles. The summed E-state index contributed by atoms with van der Waals surface area (Å²) in [7, 11) is 3.50. The fraction of sp³-hybridized carbons (Fsp3) is 0.471. The number of aryl methyl sites for hydroxylation is 1. The molecule has 2 aromatic carbocycles. The molecule has 3 aromatic rings. The van der Waals surface area contributed by atoms with Crippen LogP contribution in [-0.4, -0.2) is 55.2 Å². The number of furan rings is 1. The summed E-state index contributed by atoms with van der Waals surface area (Å²) in [5.41, 5.74) is 3.69. The number of benzene rings is 2. The second kappa shape index (κ2) is 15.3. The first-order valence-electron chi connectivity index (χ1n) is 14.5. The highest BCUT2D eigenvalue weighted by Gasteiger charge is 2.22. The third-order valence-electron chi connectivity index (χ3n) is 7.00. The van der Waals surface area contributed by atoms with Crippen LogP contribution in [-0.2, 0) is 17.6 Å². The average molecular weight is 529 g/mol. The molecule has 5 nitrogen and oxygen atoms in total. The number of fused-ring (bicyclic) bond motifs is 1. The van der Waals surface area contributed by atoms with Crippen molar-refractivity contribution in [1.82, 2.24) is 9.80 Å². The molecular weight excluding hydrogens is 484 g/mol. The number of hydrogen-bond acceptors (Lipinski definition) is 4. The second-order valence-corrected chi connectivity index (χ2v) is 10.5. The third-order valence-corrected chi connectivity index (χ3v) is 7.00. The first-order chi connectivity index (χ1) is 18.9. The molecule has 0 radical (unpaired) electrons. The molecular formula is C34H44N2O3. The average Bonchev–Trinajstić information content (AvgIpc) is 3.30. The summed E-state index contributed by atoms with van der Waals surface area (Å²) < 4.78 is 6.16. The highest BCUT2D eigenvalue weighted by molar-refractivity contribution is 6.17. The number of carbonyl (C=O) groups excluding carboxylic acids is 2. The third kappa shape index (κ3) is 8.57. The van der Waals surface area contributed by atoms with Crippen molar-refractivity contribution in [1.29, 1.82) is 0 Å². The lowest BCUT2D eigenvalue weighted by atomic mass is 9.96. The SMILES string of the molecule is CCCCc1oc2ccc(CC(=O)N(C)C)cc2c1C(=O)c1ccc(C#CCN(CCCC)CCCC)cc1. The molecule has 0 saturated heterocycles. The molecule has 0 atom stereocenters. The van der Waals surface area contributed by atoms with Crippen LogP contribution < -0.4 is 0 Å². The Kier molecular flexibility index (Phi) is 11.8. The summed E-state index contributed by atoms with van der Waals surface area (Å²) >= 11 is 0. The highest BCUT2D eigenvalue weighted by Crippen LogP contribution is 2.31. The van der Waals surface area contributed by atoms with Crippen LogP contribution >= 0.6 is 0 Å². The molecule has 0 N–H and O–H groups in total. The van der Waals surface area contributed by atoms with Crippen LogP contribution in [0.5, 0.6) is 0 Å². The molecule has 0 aliphatic heterocycles. The van der Waals surface area contributed by atoms with Gasteiger partial charge in [-0.1, -0.05) is 57.9 Å². The van der Waals surface area contributed by atoms with Crippen LogP contribution in [0.4, 0.5) is 0 Å². The molecule has 0 aliphatic carbocycles. The van der Waals surface area contributed by atoms with Crippen molar-refractivity contribution in [2.24, 2.45) is 0 Å². The van der Waals surface area contributed by atoms with Crippen molar-refractivity contribution in [3.05, 3.63) is 70.5 Å². The smallest absolute Gasteiger partial charge is 0.226 e. The van der Waals surface area contributed by atoms with Crippen LogP contribution in [0.15, 0.2) is 46.9 Å². The monoisotopic (exact) mass is 528 g/mol. The van der Waals surface area contributed by atoms with Crippen LogP contribution in [0.25, 0.3) is 11.0 Å². The van der Waals surface area contributed by atoms with Crippen LogP contribution in [0.3, 0.4) is 0 Å². The summed E-state index contributed by atoms with van der Waals surface area (Å²) in [6.07, 6.45) is 7.70. The van der Waals surface area contributed by atoms with E-state index in [0.717, 1.165) is 54.7 Å². The predicted octanol–water partition coefficient (Wildman–Crippen LogP) is 6.89. The van der Waals surface area contributed by atoms with E-state index in [9.17, 15) is 9.59 Å². The first-order valence-corrected chi connectivity index (χ1v) is 14.5. The molecule has 208 valence electrons. The molecule has 0 bridgehead atoms. The number of carbonyl (C=O) groups is 2. The fourth-order valence-corrected chi connectivity index (χ4v) is 4.54. The fourth-order valence-electron chi connectivity index (χ4n) is 4.54. The van der Waals surface area contributed by atoms with E-state index in [1.54, 1.807) is 19.0 Å². The van der Waals surface area contributed by atoms with Gasteiger partial charge in [0.2, 0.25) is 5.91 Å². The lowest BCUT2D eigenvalue weighted by Gasteiger charge is -2.18. The van der Waals surface area contributed by atoms with E-state index < -0.39 is 0 Å². The lowest BCUT2D eigenvalue weighted by Crippen LogP contribution is -2.26. The number of ketones is 1. The van der Waals surface area contributed by atoms with Gasteiger partial charge in [-0.3, -0.25) is 14.5 Å². The van der Waals surface area contributed by atoms with E-state index in [0.29, 0.717) is 23.1 Å². The molecule has 0 aliphatic rings. The zero-order chi connectivity index (χ0) is 28.2. The predicted molar refractivity (Wildman–Crippen MR) is 160 cm³/mol. The standard InChI is InChI=1S/C34H44N2O3/c1-6-9-14-31-33(29-24-27(17-20-30(29)39-31)25-32(37)35(4)5)34(38)28-18-15-26(16-19-28)13-12-23-36(21-10-7-2)22-11-8-3/h15-20,24H,6-11,14,21-23,25H2,1-5H3. The van der Waals surface area contributed by atoms with Crippen molar-refractivity contribution in [2.75, 3.05) is 33.7 Å². The maximum Gasteiger partial charge on any atom is 0.226 e. The van der Waals surface area contributed by atoms with Crippen LogP contribution in [0.1, 0.15) is 92.1 Å².